The molecule has 0 bridgehead atoms. The molecule has 3 aromatic rings. The Morgan fingerprint density at radius 2 is 2.08 bits per heavy atom. The van der Waals surface area contributed by atoms with Crippen molar-refractivity contribution < 1.29 is 13.9 Å². The summed E-state index contributed by atoms with van der Waals surface area (Å²) in [5.74, 6) is -0.478. The minimum atomic E-state index is -0.481. The molecule has 0 aliphatic carbocycles. The number of amides is 1. The zero-order valence-corrected chi connectivity index (χ0v) is 12.9. The first-order valence-electron chi connectivity index (χ1n) is 7.29. The fourth-order valence-corrected chi connectivity index (χ4v) is 2.13. The number of pyridine rings is 1. The van der Waals surface area contributed by atoms with Crippen LogP contribution in [0.2, 0.25) is 0 Å². The molecule has 1 amide bonds. The van der Waals surface area contributed by atoms with Gasteiger partial charge in [0.15, 0.2) is 11.6 Å². The first-order valence-corrected chi connectivity index (χ1v) is 7.29. The van der Waals surface area contributed by atoms with E-state index in [-0.39, 0.29) is 24.1 Å². The summed E-state index contributed by atoms with van der Waals surface area (Å²) >= 11 is 0. The van der Waals surface area contributed by atoms with Crippen LogP contribution in [0.25, 0.3) is 0 Å². The normalized spacial score (nSPS) is 10.4. The van der Waals surface area contributed by atoms with Gasteiger partial charge in [-0.25, -0.2) is 14.4 Å². The number of para-hydroxylation sites is 1. The van der Waals surface area contributed by atoms with E-state index in [4.69, 9.17) is 4.74 Å². The highest BCUT2D eigenvalue weighted by Crippen LogP contribution is 2.25. The molecule has 0 aliphatic rings. The number of nitrogens with one attached hydrogen (secondary N) is 2. The van der Waals surface area contributed by atoms with Crippen molar-refractivity contribution in [1.82, 2.24) is 20.3 Å². The minimum absolute atomic E-state index is 0.0759. The van der Waals surface area contributed by atoms with Crippen LogP contribution in [0.15, 0.2) is 48.9 Å². The van der Waals surface area contributed by atoms with Crippen molar-refractivity contribution in [1.29, 1.82) is 0 Å². The number of benzene rings is 1. The number of aromatic nitrogens is 3. The van der Waals surface area contributed by atoms with Gasteiger partial charge in [0.05, 0.1) is 6.33 Å². The van der Waals surface area contributed by atoms with Gasteiger partial charge in [-0.05, 0) is 25.1 Å². The number of halogens is 1. The van der Waals surface area contributed by atoms with Gasteiger partial charge in [-0.15, -0.1) is 0 Å². The van der Waals surface area contributed by atoms with E-state index in [1.807, 2.05) is 0 Å². The van der Waals surface area contributed by atoms with Crippen molar-refractivity contribution in [2.75, 3.05) is 0 Å². The van der Waals surface area contributed by atoms with E-state index in [9.17, 15) is 9.18 Å². The molecule has 122 valence electrons. The molecule has 0 saturated heterocycles. The number of H-pyrrole nitrogens is 1. The standard InChI is InChI=1S/C17H15FN4O2/c1-11-15(22-10-21-11)16(23)20-9-12-5-4-8-19-17(12)24-14-7-3-2-6-13(14)18/h2-8,10H,9H2,1H3,(H,20,23)(H,21,22). The van der Waals surface area contributed by atoms with Gasteiger partial charge in [0, 0.05) is 24.0 Å². The maximum absolute atomic E-state index is 13.7. The number of imidazole rings is 1. The fourth-order valence-electron chi connectivity index (χ4n) is 2.13. The molecule has 2 heterocycles. The number of aromatic amines is 1. The Kier molecular flexibility index (Phi) is 4.51. The van der Waals surface area contributed by atoms with Crippen LogP contribution in [-0.4, -0.2) is 20.9 Å². The lowest BCUT2D eigenvalue weighted by atomic mass is 10.2. The molecule has 0 radical (unpaired) electrons. The van der Waals surface area contributed by atoms with Crippen LogP contribution in [0.5, 0.6) is 11.6 Å². The van der Waals surface area contributed by atoms with Crippen LogP contribution in [0.1, 0.15) is 21.7 Å². The minimum Gasteiger partial charge on any atom is -0.436 e. The topological polar surface area (TPSA) is 79.9 Å². The summed E-state index contributed by atoms with van der Waals surface area (Å²) in [6.45, 7) is 1.95. The average molecular weight is 326 g/mol. The highest BCUT2D eigenvalue weighted by molar-refractivity contribution is 5.93. The molecular weight excluding hydrogens is 311 g/mol. The van der Waals surface area contributed by atoms with Gasteiger partial charge in [-0.3, -0.25) is 4.79 Å². The number of hydrogen-bond acceptors (Lipinski definition) is 4. The summed E-state index contributed by atoms with van der Waals surface area (Å²) in [6.07, 6.45) is 3.00. The maximum atomic E-state index is 13.7. The largest absolute Gasteiger partial charge is 0.436 e. The van der Waals surface area contributed by atoms with Crippen LogP contribution in [0.3, 0.4) is 0 Å². The molecule has 2 aromatic heterocycles. The monoisotopic (exact) mass is 326 g/mol. The highest BCUT2D eigenvalue weighted by atomic mass is 19.1. The van der Waals surface area contributed by atoms with Crippen molar-refractivity contribution in [3.05, 3.63) is 71.7 Å². The first kappa shape index (κ1) is 15.7. The van der Waals surface area contributed by atoms with Gasteiger partial charge in [0.25, 0.3) is 5.91 Å². The Balaban J connectivity index is 1.74. The van der Waals surface area contributed by atoms with Crippen LogP contribution in [-0.2, 0) is 6.54 Å². The quantitative estimate of drug-likeness (QED) is 0.755. The first-order chi connectivity index (χ1) is 11.6. The lowest BCUT2D eigenvalue weighted by molar-refractivity contribution is 0.0945. The van der Waals surface area contributed by atoms with Crippen molar-refractivity contribution in [3.8, 4) is 11.6 Å². The highest BCUT2D eigenvalue weighted by Gasteiger charge is 2.14. The van der Waals surface area contributed by atoms with E-state index in [0.29, 0.717) is 17.0 Å². The van der Waals surface area contributed by atoms with Crippen molar-refractivity contribution in [3.63, 3.8) is 0 Å². The van der Waals surface area contributed by atoms with E-state index in [0.717, 1.165) is 0 Å². The molecule has 3 rings (SSSR count). The molecule has 0 aliphatic heterocycles. The summed E-state index contributed by atoms with van der Waals surface area (Å²) < 4.78 is 19.2. The summed E-state index contributed by atoms with van der Waals surface area (Å²) in [5, 5.41) is 2.75. The fraction of sp³-hybridized carbons (Fsp3) is 0.118. The number of rotatable bonds is 5. The second-order valence-electron chi connectivity index (χ2n) is 5.06. The lowest BCUT2D eigenvalue weighted by Gasteiger charge is -2.11. The summed E-state index contributed by atoms with van der Waals surface area (Å²) in [7, 11) is 0. The van der Waals surface area contributed by atoms with E-state index < -0.39 is 5.82 Å². The molecule has 0 unspecified atom stereocenters. The Labute approximate surface area is 137 Å². The Hall–Kier alpha value is -3.22. The van der Waals surface area contributed by atoms with E-state index in [1.165, 1.54) is 18.5 Å². The maximum Gasteiger partial charge on any atom is 0.272 e. The van der Waals surface area contributed by atoms with Gasteiger partial charge in [-0.2, -0.15) is 0 Å². The van der Waals surface area contributed by atoms with Crippen LogP contribution in [0, 0.1) is 12.7 Å². The second-order valence-corrected chi connectivity index (χ2v) is 5.06. The average Bonchev–Trinajstić information content (AvgIpc) is 3.02. The van der Waals surface area contributed by atoms with Crippen LogP contribution < -0.4 is 10.1 Å². The summed E-state index contributed by atoms with van der Waals surface area (Å²) in [6, 6.07) is 9.53. The van der Waals surface area contributed by atoms with E-state index in [2.05, 4.69) is 20.3 Å². The number of aryl methyl sites for hydroxylation is 1. The third-order valence-corrected chi connectivity index (χ3v) is 3.38. The predicted octanol–water partition coefficient (Wildman–Crippen LogP) is 2.97. The molecule has 1 aromatic carbocycles. The third-order valence-electron chi connectivity index (χ3n) is 3.38. The number of hydrogen-bond donors (Lipinski definition) is 2. The SMILES string of the molecule is Cc1[nH]cnc1C(=O)NCc1cccnc1Oc1ccccc1F. The molecule has 24 heavy (non-hydrogen) atoms. The van der Waals surface area contributed by atoms with Crippen molar-refractivity contribution >= 4 is 5.91 Å². The number of nitrogens with zero attached hydrogens (tertiary/aromatic N) is 2. The molecule has 2 N–H and O–H groups in total. The van der Waals surface area contributed by atoms with Crippen molar-refractivity contribution in [2.24, 2.45) is 0 Å². The molecular formula is C17H15FN4O2. The molecule has 0 atom stereocenters. The van der Waals surface area contributed by atoms with Crippen molar-refractivity contribution in [2.45, 2.75) is 13.5 Å². The predicted molar refractivity (Wildman–Crippen MR) is 85.2 cm³/mol. The second kappa shape index (κ2) is 6.91. The van der Waals surface area contributed by atoms with E-state index in [1.54, 1.807) is 37.4 Å². The Morgan fingerprint density at radius 1 is 1.25 bits per heavy atom. The molecule has 0 fully saturated rings. The van der Waals surface area contributed by atoms with Gasteiger partial charge in [0.1, 0.15) is 5.69 Å². The molecule has 6 nitrogen and oxygen atoms in total. The zero-order valence-electron chi connectivity index (χ0n) is 12.9. The Bertz CT molecular complexity index is 863. The molecule has 0 saturated carbocycles. The molecule has 7 heteroatoms. The summed E-state index contributed by atoms with van der Waals surface area (Å²) in [5.41, 5.74) is 1.64. The molecule has 0 spiro atoms. The number of ether oxygens (including phenoxy) is 1. The van der Waals surface area contributed by atoms with Crippen LogP contribution in [0.4, 0.5) is 4.39 Å². The smallest absolute Gasteiger partial charge is 0.272 e. The Morgan fingerprint density at radius 3 is 2.83 bits per heavy atom. The number of carbonyl (C=O) groups excluding carboxylic acids is 1. The van der Waals surface area contributed by atoms with Crippen LogP contribution >= 0.6 is 0 Å². The van der Waals surface area contributed by atoms with Gasteiger partial charge in [-0.1, -0.05) is 18.2 Å². The lowest BCUT2D eigenvalue weighted by Crippen LogP contribution is -2.24. The summed E-state index contributed by atoms with van der Waals surface area (Å²) in [4.78, 5) is 23.0. The zero-order chi connectivity index (χ0) is 16.9. The van der Waals surface area contributed by atoms with Gasteiger partial charge in [0.2, 0.25) is 5.88 Å². The number of carbonyl (C=O) groups is 1. The third kappa shape index (κ3) is 3.40. The van der Waals surface area contributed by atoms with E-state index >= 15 is 0 Å². The van der Waals surface area contributed by atoms with Gasteiger partial charge < -0.3 is 15.0 Å². The van der Waals surface area contributed by atoms with Gasteiger partial charge >= 0.3 is 0 Å².